The van der Waals surface area contributed by atoms with Crippen molar-refractivity contribution < 1.29 is 25.3 Å². The van der Waals surface area contributed by atoms with Crippen LogP contribution >= 0.6 is 0 Å². The van der Waals surface area contributed by atoms with Crippen LogP contribution in [0.4, 0.5) is 0 Å². The van der Waals surface area contributed by atoms with Gasteiger partial charge in [-0.2, -0.15) is 0 Å². The second-order valence-corrected chi connectivity index (χ2v) is 3.83. The van der Waals surface area contributed by atoms with E-state index in [1.807, 2.05) is 24.3 Å². The van der Waals surface area contributed by atoms with Gasteiger partial charge in [0.25, 0.3) is 0 Å². The number of ether oxygens (including phenoxy) is 3. The van der Waals surface area contributed by atoms with Gasteiger partial charge in [-0.1, -0.05) is 12.1 Å². The third-order valence-corrected chi connectivity index (χ3v) is 2.43. The van der Waals surface area contributed by atoms with Crippen molar-refractivity contribution in [2.24, 2.45) is 0 Å². The molecule has 0 heterocycles. The Hall–Kier alpha value is -1.30. The first-order valence-electron chi connectivity index (χ1n) is 6.33. The molecule has 0 saturated carbocycles. The van der Waals surface area contributed by atoms with Crippen LogP contribution in [-0.4, -0.2) is 46.6 Å². The molecule has 0 aliphatic rings. The lowest BCUT2D eigenvalue weighted by atomic mass is 10.3. The van der Waals surface area contributed by atoms with E-state index in [2.05, 4.69) is 11.1 Å². The Morgan fingerprint density at radius 3 is 2.56 bits per heavy atom. The van der Waals surface area contributed by atoms with E-state index >= 15 is 0 Å². The summed E-state index contributed by atoms with van der Waals surface area (Å²) in [5, 5.41) is 2.20. The Morgan fingerprint density at radius 2 is 1.83 bits per heavy atom. The number of para-hydroxylation sites is 2. The average molecular weight is 256 g/mol. The molecule has 5 heteroatoms. The predicted octanol–water partition coefficient (Wildman–Crippen LogP) is -1.10. The van der Waals surface area contributed by atoms with Crippen molar-refractivity contribution in [1.29, 1.82) is 0 Å². The number of benzene rings is 1. The minimum Gasteiger partial charge on any atom is -0.493 e. The normalized spacial score (nSPS) is 10.3. The predicted molar refractivity (Wildman–Crippen MR) is 68.7 cm³/mol. The van der Waals surface area contributed by atoms with E-state index in [-0.39, 0.29) is 0 Å². The molecular formula is C13H24N2O3+2. The summed E-state index contributed by atoms with van der Waals surface area (Å²) >= 11 is 0. The smallest absolute Gasteiger partial charge is 0.161 e. The highest BCUT2D eigenvalue weighted by atomic mass is 16.5. The summed E-state index contributed by atoms with van der Waals surface area (Å²) in [6.07, 6.45) is 0. The van der Waals surface area contributed by atoms with E-state index in [1.165, 1.54) is 0 Å². The second-order valence-electron chi connectivity index (χ2n) is 3.83. The molecule has 0 saturated heterocycles. The van der Waals surface area contributed by atoms with Gasteiger partial charge in [0, 0.05) is 0 Å². The van der Waals surface area contributed by atoms with Gasteiger partial charge in [0.15, 0.2) is 11.5 Å². The molecule has 18 heavy (non-hydrogen) atoms. The minimum absolute atomic E-state index is 0.537. The molecule has 1 aromatic rings. The van der Waals surface area contributed by atoms with Crippen LogP contribution in [-0.2, 0) is 4.74 Å². The first-order valence-corrected chi connectivity index (χ1v) is 6.33. The number of nitrogens with two attached hydrogens (primary N) is 1. The molecule has 102 valence electrons. The van der Waals surface area contributed by atoms with Crippen molar-refractivity contribution in [3.8, 4) is 11.5 Å². The van der Waals surface area contributed by atoms with E-state index in [4.69, 9.17) is 14.2 Å². The van der Waals surface area contributed by atoms with Gasteiger partial charge in [-0.25, -0.2) is 0 Å². The molecule has 0 fully saturated rings. The summed E-state index contributed by atoms with van der Waals surface area (Å²) in [5.41, 5.74) is 3.78. The summed E-state index contributed by atoms with van der Waals surface area (Å²) in [5.74, 6) is 1.51. The van der Waals surface area contributed by atoms with Crippen molar-refractivity contribution in [2.45, 2.75) is 0 Å². The Kier molecular flexibility index (Phi) is 7.96. The van der Waals surface area contributed by atoms with Crippen LogP contribution in [0.3, 0.4) is 0 Å². The van der Waals surface area contributed by atoms with Crippen LogP contribution in [0.2, 0.25) is 0 Å². The number of methoxy groups -OCH3 is 1. The van der Waals surface area contributed by atoms with Crippen LogP contribution in [0, 0.1) is 0 Å². The van der Waals surface area contributed by atoms with E-state index in [0.29, 0.717) is 13.2 Å². The highest BCUT2D eigenvalue weighted by Gasteiger charge is 2.01. The van der Waals surface area contributed by atoms with Crippen LogP contribution in [0.1, 0.15) is 0 Å². The molecule has 1 aromatic carbocycles. The van der Waals surface area contributed by atoms with E-state index < -0.39 is 0 Å². The highest BCUT2D eigenvalue weighted by molar-refractivity contribution is 5.39. The van der Waals surface area contributed by atoms with Gasteiger partial charge in [-0.3, -0.25) is 0 Å². The van der Waals surface area contributed by atoms with Gasteiger partial charge < -0.3 is 25.3 Å². The zero-order valence-corrected chi connectivity index (χ0v) is 11.1. The minimum atomic E-state index is 0.537. The van der Waals surface area contributed by atoms with Crippen LogP contribution in [0.15, 0.2) is 24.3 Å². The van der Waals surface area contributed by atoms with Crippen molar-refractivity contribution in [3.63, 3.8) is 0 Å². The number of hydrogen-bond donors (Lipinski definition) is 2. The number of quaternary nitrogens is 2. The quantitative estimate of drug-likeness (QED) is 0.522. The molecule has 0 aliphatic heterocycles. The van der Waals surface area contributed by atoms with E-state index in [1.54, 1.807) is 7.11 Å². The van der Waals surface area contributed by atoms with Crippen molar-refractivity contribution in [1.82, 2.24) is 0 Å². The maximum Gasteiger partial charge on any atom is 0.161 e. The molecule has 0 aromatic heterocycles. The van der Waals surface area contributed by atoms with Crippen molar-refractivity contribution >= 4 is 0 Å². The third-order valence-electron chi connectivity index (χ3n) is 2.43. The summed E-state index contributed by atoms with van der Waals surface area (Å²) in [6, 6.07) is 7.61. The zero-order valence-electron chi connectivity index (χ0n) is 11.1. The first kappa shape index (κ1) is 14.8. The van der Waals surface area contributed by atoms with Gasteiger partial charge in [-0.15, -0.1) is 0 Å². The molecule has 0 spiro atoms. The molecular weight excluding hydrogens is 232 g/mol. The van der Waals surface area contributed by atoms with Crippen LogP contribution < -0.4 is 20.5 Å². The maximum atomic E-state index is 5.59. The van der Waals surface area contributed by atoms with Crippen molar-refractivity contribution in [2.75, 3.05) is 46.6 Å². The van der Waals surface area contributed by atoms with E-state index in [9.17, 15) is 0 Å². The summed E-state index contributed by atoms with van der Waals surface area (Å²) in [7, 11) is 1.64. The fourth-order valence-electron chi connectivity index (χ4n) is 1.51. The Morgan fingerprint density at radius 1 is 1.06 bits per heavy atom. The summed E-state index contributed by atoms with van der Waals surface area (Å²) in [4.78, 5) is 0. The van der Waals surface area contributed by atoms with Gasteiger partial charge >= 0.3 is 0 Å². The fourth-order valence-corrected chi connectivity index (χ4v) is 1.51. The molecule has 5 N–H and O–H groups in total. The fraction of sp³-hybridized carbons (Fsp3) is 0.538. The molecule has 0 unspecified atom stereocenters. The number of rotatable bonds is 10. The third kappa shape index (κ3) is 5.86. The molecule has 0 radical (unpaired) electrons. The van der Waals surface area contributed by atoms with E-state index in [0.717, 1.165) is 37.7 Å². The lowest BCUT2D eigenvalue weighted by molar-refractivity contribution is -0.671. The Balaban J connectivity index is 2.07. The Labute approximate surface area is 108 Å². The summed E-state index contributed by atoms with van der Waals surface area (Å²) in [6.45, 7) is 4.86. The van der Waals surface area contributed by atoms with Gasteiger partial charge in [-0.05, 0) is 12.1 Å². The zero-order chi connectivity index (χ0) is 13.1. The number of hydrogen-bond acceptors (Lipinski definition) is 3. The van der Waals surface area contributed by atoms with Gasteiger partial charge in [0.05, 0.1) is 26.9 Å². The molecule has 0 amide bonds. The molecule has 1 rings (SSSR count). The lowest BCUT2D eigenvalue weighted by Gasteiger charge is -2.10. The standard InChI is InChI=1S/C13H22N2O3/c1-16-12-4-2-3-5-13(12)18-11-10-17-9-8-15-7-6-14/h2-5,15H,6-11,14H2,1H3/p+2. The topological polar surface area (TPSA) is 71.9 Å². The van der Waals surface area contributed by atoms with Crippen molar-refractivity contribution in [3.05, 3.63) is 24.3 Å². The van der Waals surface area contributed by atoms with Crippen LogP contribution in [0.5, 0.6) is 11.5 Å². The molecule has 0 atom stereocenters. The molecule has 0 aliphatic carbocycles. The summed E-state index contributed by atoms with van der Waals surface area (Å²) < 4.78 is 16.2. The van der Waals surface area contributed by atoms with Gasteiger partial charge in [0.1, 0.15) is 19.7 Å². The SMILES string of the molecule is COc1ccccc1OCCOCC[NH2+]CC[NH3+]. The molecule has 0 bridgehead atoms. The Bertz CT molecular complexity index is 321. The highest BCUT2D eigenvalue weighted by Crippen LogP contribution is 2.25. The van der Waals surface area contributed by atoms with Crippen LogP contribution in [0.25, 0.3) is 0 Å². The largest absolute Gasteiger partial charge is 0.493 e. The molecule has 5 nitrogen and oxygen atoms in total. The second kappa shape index (κ2) is 9.70. The monoisotopic (exact) mass is 256 g/mol. The first-order chi connectivity index (χ1) is 8.88. The van der Waals surface area contributed by atoms with Gasteiger partial charge in [0.2, 0.25) is 0 Å². The average Bonchev–Trinajstić information content (AvgIpc) is 2.42. The lowest BCUT2D eigenvalue weighted by Crippen LogP contribution is -2.88. The maximum absolute atomic E-state index is 5.59.